The van der Waals surface area contributed by atoms with Crippen LogP contribution >= 0.6 is 27.3 Å². The van der Waals surface area contributed by atoms with E-state index in [1.54, 1.807) is 18.4 Å². The molecule has 4 heteroatoms. The van der Waals surface area contributed by atoms with Crippen LogP contribution in [-0.4, -0.2) is 31.2 Å². The number of likely N-dealkylation sites (N-methyl/N-ethyl adjacent to an activating group) is 1. The Morgan fingerprint density at radius 2 is 2.33 bits per heavy atom. The van der Waals surface area contributed by atoms with Crippen LogP contribution in [0.4, 0.5) is 0 Å². The number of ether oxygens (including phenoxy) is 1. The van der Waals surface area contributed by atoms with Gasteiger partial charge in [-0.15, -0.1) is 11.3 Å². The number of hydrogen-bond donors (Lipinski definition) is 0. The van der Waals surface area contributed by atoms with E-state index in [0.717, 1.165) is 19.7 Å². The zero-order chi connectivity index (χ0) is 11.3. The molecule has 0 aliphatic rings. The van der Waals surface area contributed by atoms with E-state index in [2.05, 4.69) is 46.1 Å². The molecule has 1 aromatic heterocycles. The number of nitrogens with zero attached hydrogens (tertiary/aromatic N) is 1. The number of thiophene rings is 1. The summed E-state index contributed by atoms with van der Waals surface area (Å²) < 4.78 is 6.36. The molecule has 0 amide bonds. The van der Waals surface area contributed by atoms with Gasteiger partial charge in [0.2, 0.25) is 0 Å². The molecule has 0 saturated carbocycles. The van der Waals surface area contributed by atoms with E-state index in [4.69, 9.17) is 4.74 Å². The SMILES string of the molecule is CCN(Cc1cc(Br)cs1)C(C)COC. The van der Waals surface area contributed by atoms with Gasteiger partial charge in [-0.1, -0.05) is 6.92 Å². The molecule has 15 heavy (non-hydrogen) atoms. The van der Waals surface area contributed by atoms with Gasteiger partial charge in [0, 0.05) is 34.4 Å². The highest BCUT2D eigenvalue weighted by Crippen LogP contribution is 2.21. The third-order valence-corrected chi connectivity index (χ3v) is 4.10. The highest BCUT2D eigenvalue weighted by molar-refractivity contribution is 9.10. The van der Waals surface area contributed by atoms with Crippen molar-refractivity contribution < 1.29 is 4.74 Å². The van der Waals surface area contributed by atoms with E-state index < -0.39 is 0 Å². The Bertz CT molecular complexity index is 290. The maximum absolute atomic E-state index is 5.18. The highest BCUT2D eigenvalue weighted by atomic mass is 79.9. The fourth-order valence-electron chi connectivity index (χ4n) is 1.56. The van der Waals surface area contributed by atoms with Gasteiger partial charge in [0.25, 0.3) is 0 Å². The van der Waals surface area contributed by atoms with Gasteiger partial charge in [0.15, 0.2) is 0 Å². The third kappa shape index (κ3) is 4.23. The standard InChI is InChI=1S/C11H18BrNOS/c1-4-13(9(2)7-14-3)6-11-5-10(12)8-15-11/h5,8-9H,4,6-7H2,1-3H3. The summed E-state index contributed by atoms with van der Waals surface area (Å²) in [5.74, 6) is 0. The summed E-state index contributed by atoms with van der Waals surface area (Å²) in [7, 11) is 1.76. The Kier molecular flexibility index (Phi) is 5.82. The van der Waals surface area contributed by atoms with Gasteiger partial charge >= 0.3 is 0 Å². The average Bonchev–Trinajstić information content (AvgIpc) is 2.61. The second-order valence-corrected chi connectivity index (χ2v) is 5.51. The first-order valence-electron chi connectivity index (χ1n) is 5.13. The predicted molar refractivity (Wildman–Crippen MR) is 69.4 cm³/mol. The van der Waals surface area contributed by atoms with E-state index in [9.17, 15) is 0 Å². The van der Waals surface area contributed by atoms with Crippen LogP contribution in [0, 0.1) is 0 Å². The van der Waals surface area contributed by atoms with Crippen LogP contribution in [0.5, 0.6) is 0 Å². The molecule has 1 atom stereocenters. The average molecular weight is 292 g/mol. The Balaban J connectivity index is 2.53. The lowest BCUT2D eigenvalue weighted by Gasteiger charge is -2.26. The van der Waals surface area contributed by atoms with E-state index in [1.807, 2.05) is 0 Å². The molecule has 2 nitrogen and oxygen atoms in total. The van der Waals surface area contributed by atoms with Gasteiger partial charge < -0.3 is 4.74 Å². The monoisotopic (exact) mass is 291 g/mol. The van der Waals surface area contributed by atoms with Crippen LogP contribution in [-0.2, 0) is 11.3 Å². The minimum atomic E-state index is 0.473. The fourth-order valence-corrected chi connectivity index (χ4v) is 3.04. The van der Waals surface area contributed by atoms with Crippen molar-refractivity contribution in [3.8, 4) is 0 Å². The van der Waals surface area contributed by atoms with Crippen molar-refractivity contribution in [3.05, 3.63) is 20.8 Å². The molecule has 0 N–H and O–H groups in total. The first kappa shape index (κ1) is 13.2. The van der Waals surface area contributed by atoms with Crippen LogP contribution in [0.15, 0.2) is 15.9 Å². The van der Waals surface area contributed by atoms with E-state index >= 15 is 0 Å². The number of methoxy groups -OCH3 is 1. The van der Waals surface area contributed by atoms with Crippen molar-refractivity contribution in [2.75, 3.05) is 20.3 Å². The maximum atomic E-state index is 5.18. The normalized spacial score (nSPS) is 13.4. The molecule has 1 unspecified atom stereocenters. The molecular weight excluding hydrogens is 274 g/mol. The first-order valence-corrected chi connectivity index (χ1v) is 6.80. The van der Waals surface area contributed by atoms with Crippen molar-refractivity contribution in [3.63, 3.8) is 0 Å². The van der Waals surface area contributed by atoms with Gasteiger partial charge in [0.1, 0.15) is 0 Å². The molecule has 0 aliphatic carbocycles. The molecule has 1 aromatic rings. The lowest BCUT2D eigenvalue weighted by atomic mass is 10.3. The Morgan fingerprint density at radius 1 is 1.60 bits per heavy atom. The zero-order valence-corrected chi connectivity index (χ0v) is 11.9. The largest absolute Gasteiger partial charge is 0.383 e. The van der Waals surface area contributed by atoms with Crippen molar-refractivity contribution in [2.24, 2.45) is 0 Å². The number of hydrogen-bond acceptors (Lipinski definition) is 3. The summed E-state index contributed by atoms with van der Waals surface area (Å²) >= 11 is 5.28. The van der Waals surface area contributed by atoms with Crippen molar-refractivity contribution >= 4 is 27.3 Å². The fraction of sp³-hybridized carbons (Fsp3) is 0.636. The van der Waals surface area contributed by atoms with Crippen molar-refractivity contribution in [2.45, 2.75) is 26.4 Å². The lowest BCUT2D eigenvalue weighted by molar-refractivity contribution is 0.0988. The summed E-state index contributed by atoms with van der Waals surface area (Å²) in [6.45, 7) is 7.25. The molecule has 0 spiro atoms. The van der Waals surface area contributed by atoms with E-state index in [-0.39, 0.29) is 0 Å². The van der Waals surface area contributed by atoms with Gasteiger partial charge in [-0.05, 0) is 35.5 Å². The Hall–Kier alpha value is 0.1000. The van der Waals surface area contributed by atoms with Crippen LogP contribution in [0.3, 0.4) is 0 Å². The summed E-state index contributed by atoms with van der Waals surface area (Å²) in [5, 5.41) is 2.13. The topological polar surface area (TPSA) is 12.5 Å². The second-order valence-electron chi connectivity index (χ2n) is 3.60. The third-order valence-electron chi connectivity index (χ3n) is 2.42. The predicted octanol–water partition coefficient (Wildman–Crippen LogP) is 3.37. The number of halogens is 1. The first-order chi connectivity index (χ1) is 7.17. The number of rotatable bonds is 6. The van der Waals surface area contributed by atoms with Crippen LogP contribution in [0.2, 0.25) is 0 Å². The summed E-state index contributed by atoms with van der Waals surface area (Å²) in [6, 6.07) is 2.66. The second kappa shape index (κ2) is 6.63. The van der Waals surface area contributed by atoms with Crippen molar-refractivity contribution in [1.82, 2.24) is 4.90 Å². The summed E-state index contributed by atoms with van der Waals surface area (Å²) in [4.78, 5) is 3.81. The molecule has 1 rings (SSSR count). The molecule has 0 aliphatic heterocycles. The molecule has 0 radical (unpaired) electrons. The molecule has 0 bridgehead atoms. The summed E-state index contributed by atoms with van der Waals surface area (Å²) in [5.41, 5.74) is 0. The highest BCUT2D eigenvalue weighted by Gasteiger charge is 2.12. The zero-order valence-electron chi connectivity index (χ0n) is 9.50. The van der Waals surface area contributed by atoms with Crippen LogP contribution in [0.1, 0.15) is 18.7 Å². The quantitative estimate of drug-likeness (QED) is 0.797. The molecule has 0 aromatic carbocycles. The molecular formula is C11H18BrNOS. The molecule has 0 fully saturated rings. The summed E-state index contributed by atoms with van der Waals surface area (Å²) in [6.07, 6.45) is 0. The van der Waals surface area contributed by atoms with Gasteiger partial charge in [-0.3, -0.25) is 4.90 Å². The lowest BCUT2D eigenvalue weighted by Crippen LogP contribution is -2.35. The smallest absolute Gasteiger partial charge is 0.0615 e. The van der Waals surface area contributed by atoms with E-state index in [0.29, 0.717) is 6.04 Å². The minimum Gasteiger partial charge on any atom is -0.383 e. The van der Waals surface area contributed by atoms with Gasteiger partial charge in [-0.25, -0.2) is 0 Å². The van der Waals surface area contributed by atoms with E-state index in [1.165, 1.54) is 9.35 Å². The Morgan fingerprint density at radius 3 is 2.80 bits per heavy atom. The molecule has 86 valence electrons. The molecule has 0 saturated heterocycles. The van der Waals surface area contributed by atoms with Gasteiger partial charge in [-0.2, -0.15) is 0 Å². The maximum Gasteiger partial charge on any atom is 0.0615 e. The minimum absolute atomic E-state index is 0.473. The van der Waals surface area contributed by atoms with Crippen LogP contribution < -0.4 is 0 Å². The molecule has 1 heterocycles. The van der Waals surface area contributed by atoms with Gasteiger partial charge in [0.05, 0.1) is 6.61 Å². The van der Waals surface area contributed by atoms with Crippen molar-refractivity contribution in [1.29, 1.82) is 0 Å². The Labute approximate surface area is 104 Å². The van der Waals surface area contributed by atoms with Crippen LogP contribution in [0.25, 0.3) is 0 Å².